The fraction of sp³-hybridized carbons (Fsp3) is 0.579. The lowest BCUT2D eigenvalue weighted by molar-refractivity contribution is -0.117. The minimum atomic E-state index is -0.192. The zero-order chi connectivity index (χ0) is 16.9. The van der Waals surface area contributed by atoms with Crippen molar-refractivity contribution in [1.29, 1.82) is 0 Å². The van der Waals surface area contributed by atoms with Crippen molar-refractivity contribution in [3.05, 3.63) is 29.8 Å². The molecule has 24 heavy (non-hydrogen) atoms. The van der Waals surface area contributed by atoms with E-state index in [1.54, 1.807) is 25.3 Å². The highest BCUT2D eigenvalue weighted by Crippen LogP contribution is 2.49. The van der Waals surface area contributed by atoms with Crippen LogP contribution in [0.25, 0.3) is 0 Å². The van der Waals surface area contributed by atoms with Crippen molar-refractivity contribution in [3.8, 4) is 0 Å². The molecule has 2 fully saturated rings. The van der Waals surface area contributed by atoms with Crippen LogP contribution in [0.2, 0.25) is 0 Å². The lowest BCUT2D eigenvalue weighted by Crippen LogP contribution is -2.28. The zero-order valence-electron chi connectivity index (χ0n) is 14.2. The Kier molecular flexibility index (Phi) is 5.51. The Morgan fingerprint density at radius 2 is 2.04 bits per heavy atom. The van der Waals surface area contributed by atoms with E-state index in [1.165, 1.54) is 25.7 Å². The molecule has 130 valence electrons. The molecule has 0 radical (unpaired) electrons. The molecule has 2 N–H and O–H groups in total. The summed E-state index contributed by atoms with van der Waals surface area (Å²) in [7, 11) is 1.59. The van der Waals surface area contributed by atoms with Gasteiger partial charge in [-0.15, -0.1) is 0 Å². The number of carbonyl (C=O) groups is 2. The quantitative estimate of drug-likeness (QED) is 0.756. The van der Waals surface area contributed by atoms with Gasteiger partial charge in [0.15, 0.2) is 0 Å². The Bertz CT molecular complexity index is 602. The van der Waals surface area contributed by atoms with Crippen LogP contribution in [0.5, 0.6) is 0 Å². The molecule has 5 nitrogen and oxygen atoms in total. The maximum absolute atomic E-state index is 12.4. The van der Waals surface area contributed by atoms with E-state index in [9.17, 15) is 9.59 Å². The number of rotatable bonds is 7. The van der Waals surface area contributed by atoms with E-state index < -0.39 is 0 Å². The van der Waals surface area contributed by atoms with E-state index in [4.69, 9.17) is 4.74 Å². The van der Waals surface area contributed by atoms with Crippen molar-refractivity contribution in [2.24, 2.45) is 17.8 Å². The van der Waals surface area contributed by atoms with Gasteiger partial charge in [-0.05, 0) is 49.1 Å². The molecule has 3 rings (SSSR count). The molecule has 0 spiro atoms. The molecule has 2 aliphatic rings. The van der Waals surface area contributed by atoms with Gasteiger partial charge < -0.3 is 15.4 Å². The van der Waals surface area contributed by atoms with Crippen molar-refractivity contribution in [3.63, 3.8) is 0 Å². The Morgan fingerprint density at radius 1 is 1.21 bits per heavy atom. The molecule has 2 aliphatic carbocycles. The summed E-state index contributed by atoms with van der Waals surface area (Å²) in [4.78, 5) is 24.7. The maximum atomic E-state index is 12.4. The van der Waals surface area contributed by atoms with Gasteiger partial charge in [-0.25, -0.2) is 0 Å². The second kappa shape index (κ2) is 7.79. The first kappa shape index (κ1) is 17.0. The summed E-state index contributed by atoms with van der Waals surface area (Å²) >= 11 is 0. The largest absolute Gasteiger partial charge is 0.383 e. The predicted molar refractivity (Wildman–Crippen MR) is 92.8 cm³/mol. The number of fused-ring (bicyclic) bond motifs is 2. The van der Waals surface area contributed by atoms with Crippen molar-refractivity contribution < 1.29 is 14.3 Å². The van der Waals surface area contributed by atoms with E-state index >= 15 is 0 Å². The first-order valence-electron chi connectivity index (χ1n) is 8.83. The first-order chi connectivity index (χ1) is 11.7. The standard InChI is InChI=1S/C19H26N2O3/c1-24-9-8-20-19(23)16-4-2-3-5-17(16)21-18(22)12-15-11-13-6-7-14(15)10-13/h2-5,13-15H,6-12H2,1H3,(H,20,23)(H,21,22). The molecular formula is C19H26N2O3. The third kappa shape index (κ3) is 3.96. The molecule has 3 unspecified atom stereocenters. The number of benzene rings is 1. The second-order valence-corrected chi connectivity index (χ2v) is 6.98. The van der Waals surface area contributed by atoms with E-state index in [1.807, 2.05) is 6.07 Å². The highest BCUT2D eigenvalue weighted by Gasteiger charge is 2.40. The molecule has 0 aromatic heterocycles. The highest BCUT2D eigenvalue weighted by atomic mass is 16.5. The van der Waals surface area contributed by atoms with Crippen LogP contribution >= 0.6 is 0 Å². The lowest BCUT2D eigenvalue weighted by Gasteiger charge is -2.21. The van der Waals surface area contributed by atoms with E-state index in [0.717, 1.165) is 11.8 Å². The normalized spacial score (nSPS) is 24.8. The maximum Gasteiger partial charge on any atom is 0.253 e. The van der Waals surface area contributed by atoms with Crippen LogP contribution < -0.4 is 10.6 Å². The minimum Gasteiger partial charge on any atom is -0.383 e. The van der Waals surface area contributed by atoms with Crippen LogP contribution in [-0.2, 0) is 9.53 Å². The topological polar surface area (TPSA) is 67.4 Å². The summed E-state index contributed by atoms with van der Waals surface area (Å²) in [6, 6.07) is 7.15. The lowest BCUT2D eigenvalue weighted by atomic mass is 9.86. The van der Waals surface area contributed by atoms with Crippen molar-refractivity contribution in [2.75, 3.05) is 25.6 Å². The molecule has 3 atom stereocenters. The Labute approximate surface area is 143 Å². The van der Waals surface area contributed by atoms with Gasteiger partial charge in [0.05, 0.1) is 17.9 Å². The number of ether oxygens (including phenoxy) is 1. The number of amides is 2. The van der Waals surface area contributed by atoms with Crippen molar-refractivity contribution in [2.45, 2.75) is 32.1 Å². The van der Waals surface area contributed by atoms with Gasteiger partial charge in [0.1, 0.15) is 0 Å². The smallest absolute Gasteiger partial charge is 0.253 e. The summed E-state index contributed by atoms with van der Waals surface area (Å²) in [6.07, 6.45) is 5.68. The van der Waals surface area contributed by atoms with Gasteiger partial charge in [-0.3, -0.25) is 9.59 Å². The number of anilines is 1. The average molecular weight is 330 g/mol. The number of hydrogen-bond donors (Lipinski definition) is 2. The van der Waals surface area contributed by atoms with Gasteiger partial charge in [0.2, 0.25) is 5.91 Å². The van der Waals surface area contributed by atoms with E-state index in [2.05, 4.69) is 10.6 Å². The van der Waals surface area contributed by atoms with Gasteiger partial charge in [0, 0.05) is 20.1 Å². The Balaban J connectivity index is 1.58. The monoisotopic (exact) mass is 330 g/mol. The van der Waals surface area contributed by atoms with Crippen LogP contribution in [0, 0.1) is 17.8 Å². The molecule has 1 aromatic carbocycles. The summed E-state index contributed by atoms with van der Waals surface area (Å²) in [5.41, 5.74) is 1.08. The number of nitrogens with one attached hydrogen (secondary N) is 2. The Hall–Kier alpha value is -1.88. The summed E-state index contributed by atoms with van der Waals surface area (Å²) < 4.78 is 4.94. The molecule has 0 heterocycles. The van der Waals surface area contributed by atoms with Crippen LogP contribution in [0.3, 0.4) is 0 Å². The van der Waals surface area contributed by atoms with Crippen LogP contribution in [0.1, 0.15) is 42.5 Å². The fourth-order valence-corrected chi connectivity index (χ4v) is 4.22. The van der Waals surface area contributed by atoms with Gasteiger partial charge in [-0.2, -0.15) is 0 Å². The van der Waals surface area contributed by atoms with E-state index in [-0.39, 0.29) is 11.8 Å². The Morgan fingerprint density at radius 3 is 2.75 bits per heavy atom. The first-order valence-corrected chi connectivity index (χ1v) is 8.83. The summed E-state index contributed by atoms with van der Waals surface area (Å²) in [6.45, 7) is 0.910. The molecule has 2 amide bonds. The molecule has 1 aromatic rings. The van der Waals surface area contributed by atoms with Crippen LogP contribution in [0.4, 0.5) is 5.69 Å². The molecule has 5 heteroatoms. The third-order valence-electron chi connectivity index (χ3n) is 5.37. The number of hydrogen-bond acceptors (Lipinski definition) is 3. The fourth-order valence-electron chi connectivity index (χ4n) is 4.22. The van der Waals surface area contributed by atoms with Crippen LogP contribution in [-0.4, -0.2) is 32.1 Å². The highest BCUT2D eigenvalue weighted by molar-refractivity contribution is 6.03. The second-order valence-electron chi connectivity index (χ2n) is 6.98. The number of methoxy groups -OCH3 is 1. The van der Waals surface area contributed by atoms with Crippen molar-refractivity contribution in [1.82, 2.24) is 5.32 Å². The molecular weight excluding hydrogens is 304 g/mol. The summed E-state index contributed by atoms with van der Waals surface area (Å²) in [5, 5.41) is 5.73. The molecule has 2 bridgehead atoms. The SMILES string of the molecule is COCCNC(=O)c1ccccc1NC(=O)CC1CC2CCC1C2. The van der Waals surface area contributed by atoms with Crippen LogP contribution in [0.15, 0.2) is 24.3 Å². The third-order valence-corrected chi connectivity index (χ3v) is 5.37. The van der Waals surface area contributed by atoms with Gasteiger partial charge >= 0.3 is 0 Å². The average Bonchev–Trinajstić information content (AvgIpc) is 3.18. The molecule has 0 saturated heterocycles. The van der Waals surface area contributed by atoms with E-state index in [0.29, 0.717) is 36.7 Å². The zero-order valence-corrected chi connectivity index (χ0v) is 14.2. The number of carbonyl (C=O) groups excluding carboxylic acids is 2. The molecule has 2 saturated carbocycles. The predicted octanol–water partition coefficient (Wildman–Crippen LogP) is 2.83. The van der Waals surface area contributed by atoms with Gasteiger partial charge in [-0.1, -0.05) is 18.6 Å². The molecule has 0 aliphatic heterocycles. The number of para-hydroxylation sites is 1. The minimum absolute atomic E-state index is 0.0182. The van der Waals surface area contributed by atoms with Gasteiger partial charge in [0.25, 0.3) is 5.91 Å². The summed E-state index contributed by atoms with van der Waals surface area (Å²) in [5.74, 6) is 1.92. The van der Waals surface area contributed by atoms with Crippen molar-refractivity contribution >= 4 is 17.5 Å².